The van der Waals surface area contributed by atoms with Crippen molar-refractivity contribution < 1.29 is 4.42 Å². The van der Waals surface area contributed by atoms with Gasteiger partial charge in [-0.25, -0.2) is 4.98 Å². The first-order chi connectivity index (χ1) is 9.63. The lowest BCUT2D eigenvalue weighted by atomic mass is 10.1. The maximum Gasteiger partial charge on any atom is 0.198 e. The van der Waals surface area contributed by atoms with Gasteiger partial charge in [0, 0.05) is 17.6 Å². The predicted molar refractivity (Wildman–Crippen MR) is 84.5 cm³/mol. The van der Waals surface area contributed by atoms with Crippen molar-refractivity contribution in [3.63, 3.8) is 0 Å². The van der Waals surface area contributed by atoms with Gasteiger partial charge in [0.2, 0.25) is 0 Å². The summed E-state index contributed by atoms with van der Waals surface area (Å²) in [5.74, 6) is 1.10. The molecule has 0 aliphatic rings. The maximum absolute atomic E-state index is 5.72. The molecule has 0 spiro atoms. The van der Waals surface area contributed by atoms with E-state index in [4.69, 9.17) is 4.42 Å². The lowest BCUT2D eigenvalue weighted by Gasteiger charge is -2.13. The fourth-order valence-corrected chi connectivity index (χ4v) is 2.89. The summed E-state index contributed by atoms with van der Waals surface area (Å²) in [6.45, 7) is 6.33. The molecule has 0 bridgehead atoms. The quantitative estimate of drug-likeness (QED) is 0.717. The molecule has 20 heavy (non-hydrogen) atoms. The van der Waals surface area contributed by atoms with E-state index in [1.807, 2.05) is 18.2 Å². The molecule has 104 valence electrons. The van der Waals surface area contributed by atoms with E-state index < -0.39 is 0 Å². The van der Waals surface area contributed by atoms with Crippen molar-refractivity contribution in [3.05, 3.63) is 46.5 Å². The van der Waals surface area contributed by atoms with Crippen LogP contribution in [0, 0.1) is 0 Å². The summed E-state index contributed by atoms with van der Waals surface area (Å²) in [6.07, 6.45) is 0. The van der Waals surface area contributed by atoms with E-state index in [9.17, 15) is 0 Å². The van der Waals surface area contributed by atoms with Gasteiger partial charge < -0.3 is 9.73 Å². The summed E-state index contributed by atoms with van der Waals surface area (Å²) in [4.78, 5) is 4.54. The molecular weight excluding hydrogens is 268 g/mol. The Labute approximate surface area is 122 Å². The average molecular weight is 286 g/mol. The van der Waals surface area contributed by atoms with Crippen LogP contribution in [0.5, 0.6) is 0 Å². The van der Waals surface area contributed by atoms with E-state index in [2.05, 4.69) is 47.9 Å². The van der Waals surface area contributed by atoms with Gasteiger partial charge in [0.1, 0.15) is 5.52 Å². The SMILES string of the molecule is CC(C)c1nc2cc(NC(C)c3ccsc3)ccc2o1. The van der Waals surface area contributed by atoms with Crippen LogP contribution in [0.2, 0.25) is 0 Å². The molecule has 4 heteroatoms. The third-order valence-electron chi connectivity index (χ3n) is 3.32. The Kier molecular flexibility index (Phi) is 3.49. The first-order valence-electron chi connectivity index (χ1n) is 6.82. The lowest BCUT2D eigenvalue weighted by molar-refractivity contribution is 0.501. The molecule has 0 aliphatic heterocycles. The zero-order chi connectivity index (χ0) is 14.1. The van der Waals surface area contributed by atoms with E-state index in [1.54, 1.807) is 11.3 Å². The van der Waals surface area contributed by atoms with Gasteiger partial charge >= 0.3 is 0 Å². The number of benzene rings is 1. The number of fused-ring (bicyclic) bond motifs is 1. The monoisotopic (exact) mass is 286 g/mol. The Balaban J connectivity index is 1.85. The molecule has 0 fully saturated rings. The highest BCUT2D eigenvalue weighted by Crippen LogP contribution is 2.26. The van der Waals surface area contributed by atoms with Crippen molar-refractivity contribution in [1.82, 2.24) is 4.98 Å². The van der Waals surface area contributed by atoms with Crippen LogP contribution in [0.25, 0.3) is 11.1 Å². The lowest BCUT2D eigenvalue weighted by Crippen LogP contribution is -2.05. The third kappa shape index (κ3) is 2.56. The van der Waals surface area contributed by atoms with Crippen LogP contribution >= 0.6 is 11.3 Å². The number of anilines is 1. The number of nitrogens with one attached hydrogen (secondary N) is 1. The van der Waals surface area contributed by atoms with E-state index in [-0.39, 0.29) is 6.04 Å². The fourth-order valence-electron chi connectivity index (χ4n) is 2.14. The average Bonchev–Trinajstić information content (AvgIpc) is 3.07. The van der Waals surface area contributed by atoms with Gasteiger partial charge in [-0.3, -0.25) is 0 Å². The molecular formula is C16H18N2OS. The Morgan fingerprint density at radius 3 is 2.75 bits per heavy atom. The molecule has 3 aromatic rings. The van der Waals surface area contributed by atoms with Crippen LogP contribution in [-0.4, -0.2) is 4.98 Å². The molecule has 0 aliphatic carbocycles. The molecule has 3 rings (SSSR count). The zero-order valence-electron chi connectivity index (χ0n) is 11.9. The Morgan fingerprint density at radius 2 is 2.05 bits per heavy atom. The molecule has 1 atom stereocenters. The third-order valence-corrected chi connectivity index (χ3v) is 4.03. The van der Waals surface area contributed by atoms with Gasteiger partial charge in [-0.15, -0.1) is 0 Å². The Bertz CT molecular complexity index is 700. The molecule has 1 aromatic carbocycles. The first-order valence-corrected chi connectivity index (χ1v) is 7.77. The van der Waals surface area contributed by atoms with Gasteiger partial charge in [0.25, 0.3) is 0 Å². The molecule has 1 unspecified atom stereocenters. The summed E-state index contributed by atoms with van der Waals surface area (Å²) in [5.41, 5.74) is 4.14. The highest BCUT2D eigenvalue weighted by Gasteiger charge is 2.11. The smallest absolute Gasteiger partial charge is 0.198 e. The van der Waals surface area contributed by atoms with Gasteiger partial charge in [0.05, 0.1) is 0 Å². The van der Waals surface area contributed by atoms with Crippen LogP contribution in [0.15, 0.2) is 39.4 Å². The Morgan fingerprint density at radius 1 is 1.20 bits per heavy atom. The molecule has 2 heterocycles. The van der Waals surface area contributed by atoms with Crippen molar-refractivity contribution in [1.29, 1.82) is 0 Å². The second-order valence-corrected chi connectivity index (χ2v) is 6.09. The number of hydrogen-bond donors (Lipinski definition) is 1. The van der Waals surface area contributed by atoms with Crippen molar-refractivity contribution in [2.24, 2.45) is 0 Å². The van der Waals surface area contributed by atoms with Crippen LogP contribution in [0.3, 0.4) is 0 Å². The summed E-state index contributed by atoms with van der Waals surface area (Å²) >= 11 is 1.72. The minimum atomic E-state index is 0.287. The van der Waals surface area contributed by atoms with Crippen LogP contribution in [-0.2, 0) is 0 Å². The normalized spacial score (nSPS) is 13.0. The van der Waals surface area contributed by atoms with E-state index in [1.165, 1.54) is 5.56 Å². The topological polar surface area (TPSA) is 38.1 Å². The predicted octanol–water partition coefficient (Wildman–Crippen LogP) is 5.19. The summed E-state index contributed by atoms with van der Waals surface area (Å²) in [5, 5.41) is 7.77. The minimum Gasteiger partial charge on any atom is -0.440 e. The van der Waals surface area contributed by atoms with Crippen LogP contribution in [0.4, 0.5) is 5.69 Å². The second kappa shape index (κ2) is 5.29. The summed E-state index contributed by atoms with van der Waals surface area (Å²) in [7, 11) is 0. The van der Waals surface area contributed by atoms with Crippen molar-refractivity contribution >= 4 is 28.1 Å². The number of oxazole rings is 1. The number of hydrogen-bond acceptors (Lipinski definition) is 4. The van der Waals surface area contributed by atoms with Crippen molar-refractivity contribution in [2.75, 3.05) is 5.32 Å². The minimum absolute atomic E-state index is 0.287. The number of thiophene rings is 1. The molecule has 0 radical (unpaired) electrons. The highest BCUT2D eigenvalue weighted by molar-refractivity contribution is 7.07. The molecule has 0 amide bonds. The number of nitrogens with zero attached hydrogens (tertiary/aromatic N) is 1. The standard InChI is InChI=1S/C16H18N2OS/c1-10(2)16-18-14-8-13(4-5-15(14)19-16)17-11(3)12-6-7-20-9-12/h4-11,17H,1-3H3. The molecule has 3 nitrogen and oxygen atoms in total. The van der Waals surface area contributed by atoms with Crippen LogP contribution < -0.4 is 5.32 Å². The summed E-state index contributed by atoms with van der Waals surface area (Å²) in [6, 6.07) is 8.51. The first kappa shape index (κ1) is 13.2. The van der Waals surface area contributed by atoms with Crippen molar-refractivity contribution in [3.8, 4) is 0 Å². The van der Waals surface area contributed by atoms with Gasteiger partial charge in [-0.05, 0) is 47.5 Å². The fraction of sp³-hybridized carbons (Fsp3) is 0.312. The zero-order valence-corrected chi connectivity index (χ0v) is 12.7. The largest absolute Gasteiger partial charge is 0.440 e. The highest BCUT2D eigenvalue weighted by atomic mass is 32.1. The van der Waals surface area contributed by atoms with Crippen LogP contribution in [0.1, 0.15) is 44.2 Å². The van der Waals surface area contributed by atoms with Gasteiger partial charge in [-0.1, -0.05) is 13.8 Å². The van der Waals surface area contributed by atoms with Crippen molar-refractivity contribution in [2.45, 2.75) is 32.7 Å². The van der Waals surface area contributed by atoms with E-state index in [0.717, 1.165) is 22.7 Å². The second-order valence-electron chi connectivity index (χ2n) is 5.31. The van der Waals surface area contributed by atoms with E-state index >= 15 is 0 Å². The van der Waals surface area contributed by atoms with Gasteiger partial charge in [-0.2, -0.15) is 11.3 Å². The molecule has 0 saturated carbocycles. The summed E-state index contributed by atoms with van der Waals surface area (Å²) < 4.78 is 5.72. The van der Waals surface area contributed by atoms with Gasteiger partial charge in [0.15, 0.2) is 11.5 Å². The van der Waals surface area contributed by atoms with E-state index in [0.29, 0.717) is 5.92 Å². The molecule has 1 N–H and O–H groups in total. The molecule has 0 saturated heterocycles. The Hall–Kier alpha value is -1.81. The molecule has 2 aromatic heterocycles. The number of rotatable bonds is 4. The maximum atomic E-state index is 5.72. The number of aromatic nitrogens is 1.